The summed E-state index contributed by atoms with van der Waals surface area (Å²) in [6.07, 6.45) is 0.302. The molecule has 0 radical (unpaired) electrons. The topological polar surface area (TPSA) is 117 Å². The van der Waals surface area contributed by atoms with Gasteiger partial charge in [0.1, 0.15) is 0 Å². The summed E-state index contributed by atoms with van der Waals surface area (Å²) in [5.74, 6) is -0.790. The highest BCUT2D eigenvalue weighted by molar-refractivity contribution is 5.87. The van der Waals surface area contributed by atoms with Gasteiger partial charge in [0.25, 0.3) is 5.95 Å². The number of carboxylic acids is 1. The van der Waals surface area contributed by atoms with Crippen molar-refractivity contribution in [2.24, 2.45) is 0 Å². The van der Waals surface area contributed by atoms with Crippen molar-refractivity contribution in [3.05, 3.63) is 11.4 Å². The van der Waals surface area contributed by atoms with Crippen LogP contribution in [0.4, 0.5) is 10.7 Å². The Labute approximate surface area is 117 Å². The summed E-state index contributed by atoms with van der Waals surface area (Å²) in [5, 5.41) is 21.4. The molecular formula is C12H19N5O3. The van der Waals surface area contributed by atoms with Gasteiger partial charge in [0, 0.05) is 12.0 Å². The standard InChI is InChI=1S/C12H19N5O3/c1-7-8(2)16-17-10(13-7)14-11(20)15-12(3,4)6-5-9(18)19/h5-6H2,1-4H3,(H,18,19)(H2,13,14,15,17,20). The Morgan fingerprint density at radius 2 is 1.85 bits per heavy atom. The maximum Gasteiger partial charge on any atom is 0.322 e. The molecule has 1 aromatic rings. The van der Waals surface area contributed by atoms with Gasteiger partial charge in [0.2, 0.25) is 0 Å². The Bertz CT molecular complexity index is 516. The molecule has 0 saturated carbocycles. The molecule has 0 bridgehead atoms. The van der Waals surface area contributed by atoms with Crippen LogP contribution in [0.25, 0.3) is 0 Å². The quantitative estimate of drug-likeness (QED) is 0.747. The van der Waals surface area contributed by atoms with Gasteiger partial charge in [-0.25, -0.2) is 9.78 Å². The van der Waals surface area contributed by atoms with Crippen molar-refractivity contribution < 1.29 is 14.7 Å². The lowest BCUT2D eigenvalue weighted by Gasteiger charge is -2.25. The van der Waals surface area contributed by atoms with E-state index < -0.39 is 17.5 Å². The van der Waals surface area contributed by atoms with Gasteiger partial charge in [0.05, 0.1) is 11.4 Å². The van der Waals surface area contributed by atoms with Crippen LogP contribution in [-0.2, 0) is 4.79 Å². The van der Waals surface area contributed by atoms with Crippen molar-refractivity contribution in [3.8, 4) is 0 Å². The Balaban J connectivity index is 2.58. The predicted octanol–water partition coefficient (Wildman–Crippen LogP) is 1.25. The number of aromatic nitrogens is 3. The van der Waals surface area contributed by atoms with E-state index in [9.17, 15) is 9.59 Å². The Morgan fingerprint density at radius 1 is 1.20 bits per heavy atom. The van der Waals surface area contributed by atoms with Crippen molar-refractivity contribution >= 4 is 17.9 Å². The highest BCUT2D eigenvalue weighted by atomic mass is 16.4. The molecule has 0 aromatic carbocycles. The summed E-state index contributed by atoms with van der Waals surface area (Å²) in [5.41, 5.74) is 0.730. The second-order valence-corrected chi connectivity index (χ2v) is 5.16. The molecule has 8 heteroatoms. The van der Waals surface area contributed by atoms with Crippen LogP contribution in [0.15, 0.2) is 0 Å². The fourth-order valence-corrected chi connectivity index (χ4v) is 1.43. The van der Waals surface area contributed by atoms with Crippen LogP contribution >= 0.6 is 0 Å². The number of hydrogen-bond acceptors (Lipinski definition) is 5. The average molecular weight is 281 g/mol. The molecule has 0 atom stereocenters. The highest BCUT2D eigenvalue weighted by Crippen LogP contribution is 2.11. The molecule has 0 aliphatic heterocycles. The SMILES string of the molecule is Cc1nnc(NC(=O)NC(C)(C)CCC(=O)O)nc1C. The zero-order valence-electron chi connectivity index (χ0n) is 12.0. The third-order valence-corrected chi connectivity index (χ3v) is 2.73. The van der Waals surface area contributed by atoms with Gasteiger partial charge in [-0.3, -0.25) is 10.1 Å². The first kappa shape index (κ1) is 15.8. The number of nitrogens with zero attached hydrogens (tertiary/aromatic N) is 3. The zero-order chi connectivity index (χ0) is 15.3. The van der Waals surface area contributed by atoms with Gasteiger partial charge >= 0.3 is 12.0 Å². The Hall–Kier alpha value is -2.25. The fraction of sp³-hybridized carbons (Fsp3) is 0.583. The summed E-state index contributed by atoms with van der Waals surface area (Å²) in [6, 6.07) is -0.495. The van der Waals surface area contributed by atoms with Crippen LogP contribution in [0.1, 0.15) is 38.1 Å². The van der Waals surface area contributed by atoms with Crippen LogP contribution < -0.4 is 10.6 Å². The molecule has 1 heterocycles. The molecule has 110 valence electrons. The molecule has 3 N–H and O–H groups in total. The van der Waals surface area contributed by atoms with E-state index in [1.807, 2.05) is 0 Å². The maximum atomic E-state index is 11.8. The summed E-state index contributed by atoms with van der Waals surface area (Å²) in [4.78, 5) is 26.4. The second-order valence-electron chi connectivity index (χ2n) is 5.16. The molecular weight excluding hydrogens is 262 g/mol. The zero-order valence-corrected chi connectivity index (χ0v) is 12.0. The van der Waals surface area contributed by atoms with Gasteiger partial charge < -0.3 is 10.4 Å². The van der Waals surface area contributed by atoms with Gasteiger partial charge in [-0.1, -0.05) is 0 Å². The minimum atomic E-state index is -0.901. The summed E-state index contributed by atoms with van der Waals surface area (Å²) in [6.45, 7) is 7.03. The largest absolute Gasteiger partial charge is 0.481 e. The summed E-state index contributed by atoms with van der Waals surface area (Å²) in [7, 11) is 0. The molecule has 8 nitrogen and oxygen atoms in total. The number of rotatable bonds is 5. The number of aliphatic carboxylic acids is 1. The molecule has 2 amide bonds. The number of aryl methyl sites for hydroxylation is 2. The normalized spacial score (nSPS) is 11.0. The van der Waals surface area contributed by atoms with Crippen LogP contribution in [0.5, 0.6) is 0 Å². The summed E-state index contributed by atoms with van der Waals surface area (Å²) < 4.78 is 0. The maximum absolute atomic E-state index is 11.8. The van der Waals surface area contributed by atoms with Crippen molar-refractivity contribution in [1.29, 1.82) is 0 Å². The predicted molar refractivity (Wildman–Crippen MR) is 72.4 cm³/mol. The van der Waals surface area contributed by atoms with Crippen molar-refractivity contribution in [3.63, 3.8) is 0 Å². The van der Waals surface area contributed by atoms with Crippen molar-refractivity contribution in [2.75, 3.05) is 5.32 Å². The number of nitrogens with one attached hydrogen (secondary N) is 2. The van der Waals surface area contributed by atoms with E-state index in [2.05, 4.69) is 25.8 Å². The lowest BCUT2D eigenvalue weighted by Crippen LogP contribution is -2.46. The third kappa shape index (κ3) is 5.17. The minimum absolute atomic E-state index is 0.0189. The van der Waals surface area contributed by atoms with Crippen molar-refractivity contribution in [2.45, 2.75) is 46.1 Å². The van der Waals surface area contributed by atoms with E-state index in [-0.39, 0.29) is 12.4 Å². The lowest BCUT2D eigenvalue weighted by molar-refractivity contribution is -0.137. The number of hydrogen-bond donors (Lipinski definition) is 3. The van der Waals surface area contributed by atoms with Crippen LogP contribution in [0.3, 0.4) is 0 Å². The minimum Gasteiger partial charge on any atom is -0.481 e. The first-order chi connectivity index (χ1) is 9.19. The number of carboxylic acid groups (broad SMARTS) is 1. The molecule has 20 heavy (non-hydrogen) atoms. The van der Waals surface area contributed by atoms with E-state index in [1.165, 1.54) is 0 Å². The lowest BCUT2D eigenvalue weighted by atomic mass is 9.99. The monoisotopic (exact) mass is 281 g/mol. The summed E-state index contributed by atoms with van der Waals surface area (Å²) >= 11 is 0. The molecule has 1 aromatic heterocycles. The van der Waals surface area contributed by atoms with Gasteiger partial charge in [-0.2, -0.15) is 5.10 Å². The van der Waals surface area contributed by atoms with Crippen LogP contribution in [-0.4, -0.2) is 37.8 Å². The van der Waals surface area contributed by atoms with Crippen LogP contribution in [0, 0.1) is 13.8 Å². The van der Waals surface area contributed by atoms with Gasteiger partial charge in [-0.15, -0.1) is 5.10 Å². The smallest absolute Gasteiger partial charge is 0.322 e. The van der Waals surface area contributed by atoms with Crippen molar-refractivity contribution in [1.82, 2.24) is 20.5 Å². The first-order valence-electron chi connectivity index (χ1n) is 6.18. The number of anilines is 1. The third-order valence-electron chi connectivity index (χ3n) is 2.73. The van der Waals surface area contributed by atoms with Crippen LogP contribution in [0.2, 0.25) is 0 Å². The molecule has 0 aliphatic rings. The Morgan fingerprint density at radius 3 is 2.40 bits per heavy atom. The van der Waals surface area contributed by atoms with Gasteiger partial charge in [-0.05, 0) is 34.1 Å². The highest BCUT2D eigenvalue weighted by Gasteiger charge is 2.22. The number of carbonyl (C=O) groups excluding carboxylic acids is 1. The molecule has 0 unspecified atom stereocenters. The first-order valence-corrected chi connectivity index (χ1v) is 6.18. The molecule has 0 spiro atoms. The van der Waals surface area contributed by atoms with E-state index >= 15 is 0 Å². The number of amides is 2. The molecule has 0 aliphatic carbocycles. The van der Waals surface area contributed by atoms with E-state index in [0.717, 1.165) is 0 Å². The molecule has 1 rings (SSSR count). The van der Waals surface area contributed by atoms with Gasteiger partial charge in [0.15, 0.2) is 0 Å². The van der Waals surface area contributed by atoms with E-state index in [4.69, 9.17) is 5.11 Å². The second kappa shape index (κ2) is 6.27. The van der Waals surface area contributed by atoms with E-state index in [1.54, 1.807) is 27.7 Å². The molecule has 0 saturated heterocycles. The molecule has 0 fully saturated rings. The fourth-order valence-electron chi connectivity index (χ4n) is 1.43. The number of carbonyl (C=O) groups is 2. The van der Waals surface area contributed by atoms with E-state index in [0.29, 0.717) is 17.8 Å². The average Bonchev–Trinajstić information content (AvgIpc) is 2.31. The Kier molecular flexibility index (Phi) is 4.95. The number of urea groups is 1.